The first-order valence-corrected chi connectivity index (χ1v) is 7.27. The monoisotopic (exact) mass is 294 g/mol. The fourth-order valence-corrected chi connectivity index (χ4v) is 2.56. The van der Waals surface area contributed by atoms with Gasteiger partial charge in [-0.2, -0.15) is 0 Å². The summed E-state index contributed by atoms with van der Waals surface area (Å²) in [4.78, 5) is 17.0. The van der Waals surface area contributed by atoms with Crippen LogP contribution in [0.5, 0.6) is 0 Å². The molecule has 0 aliphatic carbocycles. The van der Waals surface area contributed by atoms with Crippen LogP contribution >= 0.6 is 0 Å². The topological polar surface area (TPSA) is 55.1 Å². The van der Waals surface area contributed by atoms with Crippen molar-refractivity contribution >= 4 is 10.9 Å². The number of benzene rings is 2. The summed E-state index contributed by atoms with van der Waals surface area (Å²) in [5.74, 6) is 0.606. The van der Waals surface area contributed by atoms with Gasteiger partial charge >= 0.3 is 0 Å². The Balaban J connectivity index is 2.00. The van der Waals surface area contributed by atoms with E-state index in [1.807, 2.05) is 49.4 Å². The average molecular weight is 294 g/mol. The molecule has 0 spiro atoms. The normalized spacial score (nSPS) is 12.5. The SMILES string of the molecule is Cc1ccc(C(O)Cn2c(C)nc3ccccc3c2=O)cc1. The number of aryl methyl sites for hydroxylation is 2. The number of aliphatic hydroxyl groups excluding tert-OH is 1. The highest BCUT2D eigenvalue weighted by Gasteiger charge is 2.13. The van der Waals surface area contributed by atoms with Gasteiger partial charge in [-0.25, -0.2) is 4.98 Å². The van der Waals surface area contributed by atoms with Crippen molar-refractivity contribution in [3.8, 4) is 0 Å². The van der Waals surface area contributed by atoms with Crippen LogP contribution in [0.1, 0.15) is 23.1 Å². The molecule has 1 aromatic heterocycles. The lowest BCUT2D eigenvalue weighted by molar-refractivity contribution is 0.154. The van der Waals surface area contributed by atoms with Crippen LogP contribution in [-0.4, -0.2) is 14.7 Å². The second-order valence-corrected chi connectivity index (χ2v) is 5.52. The van der Waals surface area contributed by atoms with E-state index in [-0.39, 0.29) is 12.1 Å². The van der Waals surface area contributed by atoms with E-state index in [0.717, 1.165) is 11.1 Å². The van der Waals surface area contributed by atoms with Gasteiger partial charge in [0.2, 0.25) is 0 Å². The maximum atomic E-state index is 12.6. The Morgan fingerprint density at radius 2 is 1.77 bits per heavy atom. The van der Waals surface area contributed by atoms with Crippen molar-refractivity contribution in [2.75, 3.05) is 0 Å². The van der Waals surface area contributed by atoms with Crippen molar-refractivity contribution in [1.29, 1.82) is 0 Å². The van der Waals surface area contributed by atoms with E-state index in [2.05, 4.69) is 4.98 Å². The fraction of sp³-hybridized carbons (Fsp3) is 0.222. The van der Waals surface area contributed by atoms with E-state index in [1.165, 1.54) is 4.57 Å². The van der Waals surface area contributed by atoms with Crippen LogP contribution in [0.25, 0.3) is 10.9 Å². The molecule has 1 atom stereocenters. The summed E-state index contributed by atoms with van der Waals surface area (Å²) >= 11 is 0. The summed E-state index contributed by atoms with van der Waals surface area (Å²) in [5.41, 5.74) is 2.50. The van der Waals surface area contributed by atoms with E-state index in [1.54, 1.807) is 13.0 Å². The number of fused-ring (bicyclic) bond motifs is 1. The summed E-state index contributed by atoms with van der Waals surface area (Å²) in [5, 5.41) is 11.0. The molecule has 0 amide bonds. The van der Waals surface area contributed by atoms with Crippen molar-refractivity contribution in [3.05, 3.63) is 75.8 Å². The summed E-state index contributed by atoms with van der Waals surface area (Å²) in [7, 11) is 0. The fourth-order valence-electron chi connectivity index (χ4n) is 2.56. The first-order chi connectivity index (χ1) is 10.6. The quantitative estimate of drug-likeness (QED) is 0.808. The first kappa shape index (κ1) is 14.5. The molecular weight excluding hydrogens is 276 g/mol. The molecule has 0 bridgehead atoms. The van der Waals surface area contributed by atoms with E-state index >= 15 is 0 Å². The van der Waals surface area contributed by atoms with Crippen molar-refractivity contribution < 1.29 is 5.11 Å². The molecule has 1 N–H and O–H groups in total. The zero-order valence-electron chi connectivity index (χ0n) is 12.7. The Bertz CT molecular complexity index is 866. The Labute approximate surface area is 128 Å². The number of nitrogens with zero attached hydrogens (tertiary/aromatic N) is 2. The Kier molecular flexibility index (Phi) is 3.77. The van der Waals surface area contributed by atoms with Gasteiger partial charge in [-0.3, -0.25) is 9.36 Å². The number of hydrogen-bond donors (Lipinski definition) is 1. The van der Waals surface area contributed by atoms with Crippen molar-refractivity contribution in [3.63, 3.8) is 0 Å². The molecule has 0 saturated heterocycles. The molecule has 0 aliphatic heterocycles. The molecule has 1 heterocycles. The lowest BCUT2D eigenvalue weighted by Gasteiger charge is -2.16. The van der Waals surface area contributed by atoms with E-state index in [4.69, 9.17) is 0 Å². The average Bonchev–Trinajstić information content (AvgIpc) is 2.52. The smallest absolute Gasteiger partial charge is 0.261 e. The van der Waals surface area contributed by atoms with Crippen LogP contribution in [0.4, 0.5) is 0 Å². The lowest BCUT2D eigenvalue weighted by Crippen LogP contribution is -2.26. The third kappa shape index (κ3) is 2.65. The van der Waals surface area contributed by atoms with Gasteiger partial charge in [0.15, 0.2) is 0 Å². The van der Waals surface area contributed by atoms with Crippen molar-refractivity contribution in [2.24, 2.45) is 0 Å². The molecule has 1 unspecified atom stereocenters. The zero-order chi connectivity index (χ0) is 15.7. The van der Waals surface area contributed by atoms with Gasteiger partial charge in [0, 0.05) is 0 Å². The largest absolute Gasteiger partial charge is 0.387 e. The molecule has 3 aromatic rings. The number of para-hydroxylation sites is 1. The van der Waals surface area contributed by atoms with E-state index < -0.39 is 6.10 Å². The predicted molar refractivity (Wildman–Crippen MR) is 86.9 cm³/mol. The summed E-state index contributed by atoms with van der Waals surface area (Å²) < 4.78 is 1.53. The van der Waals surface area contributed by atoms with Crippen LogP contribution < -0.4 is 5.56 Å². The second-order valence-electron chi connectivity index (χ2n) is 5.52. The Hall–Kier alpha value is -2.46. The number of aliphatic hydroxyl groups is 1. The highest BCUT2D eigenvalue weighted by molar-refractivity contribution is 5.77. The van der Waals surface area contributed by atoms with Gasteiger partial charge in [-0.15, -0.1) is 0 Å². The number of aromatic nitrogens is 2. The van der Waals surface area contributed by atoms with Gasteiger partial charge in [0.25, 0.3) is 5.56 Å². The highest BCUT2D eigenvalue weighted by Crippen LogP contribution is 2.16. The van der Waals surface area contributed by atoms with Crippen LogP contribution in [0.15, 0.2) is 53.3 Å². The van der Waals surface area contributed by atoms with Crippen LogP contribution in [0.2, 0.25) is 0 Å². The minimum atomic E-state index is -0.736. The molecule has 4 heteroatoms. The second kappa shape index (κ2) is 5.73. The lowest BCUT2D eigenvalue weighted by atomic mass is 10.1. The molecule has 0 fully saturated rings. The summed E-state index contributed by atoms with van der Waals surface area (Å²) in [6.45, 7) is 3.99. The molecule has 112 valence electrons. The van der Waals surface area contributed by atoms with Gasteiger partial charge in [0.1, 0.15) is 5.82 Å². The van der Waals surface area contributed by atoms with Crippen LogP contribution in [0.3, 0.4) is 0 Å². The van der Waals surface area contributed by atoms with Gasteiger partial charge in [-0.1, -0.05) is 42.0 Å². The Morgan fingerprint density at radius 1 is 1.09 bits per heavy atom. The van der Waals surface area contributed by atoms with Crippen LogP contribution in [-0.2, 0) is 6.54 Å². The summed E-state index contributed by atoms with van der Waals surface area (Å²) in [6, 6.07) is 14.9. The third-order valence-electron chi connectivity index (χ3n) is 3.87. The predicted octanol–water partition coefficient (Wildman–Crippen LogP) is 2.75. The number of rotatable bonds is 3. The van der Waals surface area contributed by atoms with Gasteiger partial charge < -0.3 is 5.11 Å². The molecule has 22 heavy (non-hydrogen) atoms. The molecular formula is C18H18N2O2. The molecule has 3 rings (SSSR count). The highest BCUT2D eigenvalue weighted by atomic mass is 16.3. The van der Waals surface area contributed by atoms with Crippen LogP contribution in [0, 0.1) is 13.8 Å². The molecule has 2 aromatic carbocycles. The Morgan fingerprint density at radius 3 is 2.50 bits per heavy atom. The maximum absolute atomic E-state index is 12.6. The van der Waals surface area contributed by atoms with Crippen molar-refractivity contribution in [2.45, 2.75) is 26.5 Å². The van der Waals surface area contributed by atoms with E-state index in [0.29, 0.717) is 16.7 Å². The van der Waals surface area contributed by atoms with E-state index in [9.17, 15) is 9.90 Å². The molecule has 0 radical (unpaired) electrons. The van der Waals surface area contributed by atoms with Crippen molar-refractivity contribution in [1.82, 2.24) is 9.55 Å². The molecule has 0 aliphatic rings. The number of hydrogen-bond acceptors (Lipinski definition) is 3. The zero-order valence-corrected chi connectivity index (χ0v) is 12.7. The minimum Gasteiger partial charge on any atom is -0.387 e. The molecule has 0 saturated carbocycles. The van der Waals surface area contributed by atoms with Gasteiger partial charge in [0.05, 0.1) is 23.6 Å². The summed E-state index contributed by atoms with van der Waals surface area (Å²) in [6.07, 6.45) is -0.736. The molecule has 4 nitrogen and oxygen atoms in total. The minimum absolute atomic E-state index is 0.116. The maximum Gasteiger partial charge on any atom is 0.261 e. The standard InChI is InChI=1S/C18H18N2O2/c1-12-7-9-14(10-8-12)17(21)11-20-13(2)19-16-6-4-3-5-15(16)18(20)22/h3-10,17,21H,11H2,1-2H3. The third-order valence-corrected chi connectivity index (χ3v) is 3.87. The van der Waals surface area contributed by atoms with Gasteiger partial charge in [-0.05, 0) is 31.5 Å². The first-order valence-electron chi connectivity index (χ1n) is 7.27.